The van der Waals surface area contributed by atoms with Gasteiger partial charge in [-0.15, -0.1) is 0 Å². The number of nitrogens with zero attached hydrogens (tertiary/aromatic N) is 3. The molecule has 1 amide bonds. The van der Waals surface area contributed by atoms with Crippen molar-refractivity contribution in [3.63, 3.8) is 0 Å². The van der Waals surface area contributed by atoms with E-state index in [1.165, 1.54) is 29.2 Å². The van der Waals surface area contributed by atoms with Crippen molar-refractivity contribution in [3.05, 3.63) is 99.6 Å². The predicted octanol–water partition coefficient (Wildman–Crippen LogP) is 5.08. The first-order valence-electron chi connectivity index (χ1n) is 11.8. The van der Waals surface area contributed by atoms with Gasteiger partial charge in [0.25, 0.3) is 17.4 Å². The molecule has 0 aromatic heterocycles. The van der Waals surface area contributed by atoms with Gasteiger partial charge in [-0.05, 0) is 36.2 Å². The van der Waals surface area contributed by atoms with Crippen LogP contribution in [0.5, 0.6) is 5.75 Å². The van der Waals surface area contributed by atoms with Crippen LogP contribution < -0.4 is 14.5 Å². The molecule has 0 radical (unpaired) electrons. The Labute approximate surface area is 214 Å². The van der Waals surface area contributed by atoms with Gasteiger partial charge in [-0.25, -0.2) is 0 Å². The van der Waals surface area contributed by atoms with Crippen LogP contribution in [0.3, 0.4) is 0 Å². The number of ketones is 1. The van der Waals surface area contributed by atoms with Crippen LogP contribution in [0.4, 0.5) is 17.1 Å². The zero-order valence-electron chi connectivity index (χ0n) is 20.7. The molecule has 1 N–H and O–H groups in total. The number of anilines is 2. The number of carbonyl (C=O) groups excluding carboxylic acids is 2. The summed E-state index contributed by atoms with van der Waals surface area (Å²) in [5.41, 5.74) is 1.61. The van der Waals surface area contributed by atoms with E-state index in [0.717, 1.165) is 12.1 Å². The first-order valence-corrected chi connectivity index (χ1v) is 11.8. The van der Waals surface area contributed by atoms with Crippen molar-refractivity contribution in [2.24, 2.45) is 0 Å². The Bertz CT molecular complexity index is 1380. The first-order chi connectivity index (χ1) is 17.7. The topological polar surface area (TPSA) is 113 Å². The lowest BCUT2D eigenvalue weighted by Crippen LogP contribution is -2.29. The minimum atomic E-state index is -0.961. The Morgan fingerprint density at radius 1 is 1.05 bits per heavy atom. The number of hydrogen-bond donors (Lipinski definition) is 1. The van der Waals surface area contributed by atoms with E-state index in [0.29, 0.717) is 23.6 Å². The Kier molecular flexibility index (Phi) is 7.24. The fraction of sp³-hybridized carbons (Fsp3) is 0.214. The standard InChI is InChI=1S/C28H27N3O6/c1-4-15-37-23-10-6-8-21(17-23)30-25(18-11-13-20(14-12-18)29(2)3)24(27(33)28(30)34)26(32)19-7-5-9-22(16-19)31(35)36/h5-14,16-17,25,32H,4,15H2,1-3H3/b26-24-. The molecule has 1 saturated heterocycles. The zero-order chi connectivity index (χ0) is 26.7. The quantitative estimate of drug-likeness (QED) is 0.151. The normalized spacial score (nSPS) is 16.6. The number of Topliss-reactive ketones (excluding diaryl/α,β-unsaturated/α-hetero) is 1. The zero-order valence-corrected chi connectivity index (χ0v) is 20.7. The third kappa shape index (κ3) is 5.02. The molecule has 1 atom stereocenters. The summed E-state index contributed by atoms with van der Waals surface area (Å²) in [6.45, 7) is 2.47. The maximum Gasteiger partial charge on any atom is 0.300 e. The molecule has 9 nitrogen and oxygen atoms in total. The highest BCUT2D eigenvalue weighted by Gasteiger charge is 2.47. The van der Waals surface area contributed by atoms with Crippen LogP contribution in [-0.4, -0.2) is 42.4 Å². The van der Waals surface area contributed by atoms with E-state index >= 15 is 0 Å². The summed E-state index contributed by atoms with van der Waals surface area (Å²) in [5.74, 6) is -1.64. The summed E-state index contributed by atoms with van der Waals surface area (Å²) < 4.78 is 5.73. The van der Waals surface area contributed by atoms with Crippen LogP contribution in [0.1, 0.15) is 30.5 Å². The van der Waals surface area contributed by atoms with Crippen LogP contribution in [0.25, 0.3) is 5.76 Å². The molecule has 4 rings (SSSR count). The lowest BCUT2D eigenvalue weighted by Gasteiger charge is -2.26. The van der Waals surface area contributed by atoms with Gasteiger partial charge in [0, 0.05) is 49.2 Å². The maximum absolute atomic E-state index is 13.4. The van der Waals surface area contributed by atoms with E-state index in [9.17, 15) is 24.8 Å². The number of carbonyl (C=O) groups is 2. The van der Waals surface area contributed by atoms with Crippen LogP contribution in [-0.2, 0) is 9.59 Å². The molecular weight excluding hydrogens is 474 g/mol. The molecule has 3 aromatic rings. The number of hydrogen-bond acceptors (Lipinski definition) is 7. The van der Waals surface area contributed by atoms with Crippen molar-refractivity contribution in [2.75, 3.05) is 30.5 Å². The molecule has 1 heterocycles. The molecule has 190 valence electrons. The SMILES string of the molecule is CCCOc1cccc(N2C(=O)C(=O)/C(=C(\O)c3cccc([N+](=O)[O-])c3)C2c2ccc(N(C)C)cc2)c1. The van der Waals surface area contributed by atoms with Crippen LogP contribution in [0, 0.1) is 10.1 Å². The van der Waals surface area contributed by atoms with E-state index in [1.54, 1.807) is 36.4 Å². The first kappa shape index (κ1) is 25.4. The molecule has 0 bridgehead atoms. The fourth-order valence-electron chi connectivity index (χ4n) is 4.23. The molecule has 1 aliphatic heterocycles. The van der Waals surface area contributed by atoms with E-state index < -0.39 is 28.4 Å². The van der Waals surface area contributed by atoms with Crippen LogP contribution in [0.15, 0.2) is 78.4 Å². The number of amides is 1. The van der Waals surface area contributed by atoms with Gasteiger partial charge < -0.3 is 14.7 Å². The van der Waals surface area contributed by atoms with Crippen molar-refractivity contribution in [1.29, 1.82) is 0 Å². The van der Waals surface area contributed by atoms with Gasteiger partial charge in [-0.1, -0.05) is 37.3 Å². The second kappa shape index (κ2) is 10.5. The number of nitro benzene ring substituents is 1. The summed E-state index contributed by atoms with van der Waals surface area (Å²) in [5, 5.41) is 22.5. The van der Waals surface area contributed by atoms with E-state index in [4.69, 9.17) is 4.74 Å². The maximum atomic E-state index is 13.4. The molecule has 0 aliphatic carbocycles. The number of aliphatic hydroxyl groups excluding tert-OH is 1. The molecule has 0 spiro atoms. The number of non-ortho nitro benzene ring substituents is 1. The van der Waals surface area contributed by atoms with Gasteiger partial charge in [0.1, 0.15) is 11.5 Å². The number of aliphatic hydroxyl groups is 1. The summed E-state index contributed by atoms with van der Waals surface area (Å²) in [4.78, 5) is 40.7. The van der Waals surface area contributed by atoms with Crippen LogP contribution >= 0.6 is 0 Å². The highest BCUT2D eigenvalue weighted by Crippen LogP contribution is 2.43. The third-order valence-electron chi connectivity index (χ3n) is 6.07. The lowest BCUT2D eigenvalue weighted by atomic mass is 9.94. The summed E-state index contributed by atoms with van der Waals surface area (Å²) in [7, 11) is 3.79. The van der Waals surface area contributed by atoms with Crippen LogP contribution in [0.2, 0.25) is 0 Å². The smallest absolute Gasteiger partial charge is 0.300 e. The van der Waals surface area contributed by atoms with Gasteiger partial charge in [0.2, 0.25) is 0 Å². The van der Waals surface area contributed by atoms with Gasteiger partial charge in [-0.3, -0.25) is 24.6 Å². The number of nitro groups is 1. The minimum absolute atomic E-state index is 0.0714. The van der Waals surface area contributed by atoms with E-state index in [1.807, 2.05) is 38.1 Å². The van der Waals surface area contributed by atoms with Crippen molar-refractivity contribution >= 4 is 34.5 Å². The molecule has 37 heavy (non-hydrogen) atoms. The number of benzene rings is 3. The average molecular weight is 502 g/mol. The Morgan fingerprint density at radius 2 is 1.76 bits per heavy atom. The van der Waals surface area contributed by atoms with Crippen molar-refractivity contribution in [3.8, 4) is 5.75 Å². The summed E-state index contributed by atoms with van der Waals surface area (Å²) in [6, 6.07) is 18.5. The van der Waals surface area contributed by atoms with Crippen molar-refractivity contribution < 1.29 is 24.4 Å². The molecule has 1 unspecified atom stereocenters. The van der Waals surface area contributed by atoms with Crippen molar-refractivity contribution in [2.45, 2.75) is 19.4 Å². The molecule has 3 aromatic carbocycles. The monoisotopic (exact) mass is 501 g/mol. The largest absolute Gasteiger partial charge is 0.507 e. The summed E-state index contributed by atoms with van der Waals surface area (Å²) >= 11 is 0. The Hall–Kier alpha value is -4.66. The molecule has 9 heteroatoms. The van der Waals surface area contributed by atoms with E-state index in [-0.39, 0.29) is 16.8 Å². The lowest BCUT2D eigenvalue weighted by molar-refractivity contribution is -0.384. The minimum Gasteiger partial charge on any atom is -0.507 e. The number of ether oxygens (including phenoxy) is 1. The average Bonchev–Trinajstić information content (AvgIpc) is 3.17. The predicted molar refractivity (Wildman–Crippen MR) is 141 cm³/mol. The van der Waals surface area contributed by atoms with Gasteiger partial charge in [0.05, 0.1) is 23.1 Å². The van der Waals surface area contributed by atoms with Gasteiger partial charge >= 0.3 is 0 Å². The van der Waals surface area contributed by atoms with Gasteiger partial charge in [0.15, 0.2) is 0 Å². The Morgan fingerprint density at radius 3 is 2.41 bits per heavy atom. The molecular formula is C28H27N3O6. The molecule has 0 saturated carbocycles. The Balaban J connectivity index is 1.90. The molecule has 1 fully saturated rings. The number of rotatable bonds is 8. The van der Waals surface area contributed by atoms with Gasteiger partial charge in [-0.2, -0.15) is 0 Å². The summed E-state index contributed by atoms with van der Waals surface area (Å²) in [6.07, 6.45) is 0.802. The molecule has 1 aliphatic rings. The fourth-order valence-corrected chi connectivity index (χ4v) is 4.23. The second-order valence-electron chi connectivity index (χ2n) is 8.81. The van der Waals surface area contributed by atoms with Crippen molar-refractivity contribution in [1.82, 2.24) is 0 Å². The highest BCUT2D eigenvalue weighted by molar-refractivity contribution is 6.51. The highest BCUT2D eigenvalue weighted by atomic mass is 16.6. The third-order valence-corrected chi connectivity index (χ3v) is 6.07. The second-order valence-corrected chi connectivity index (χ2v) is 8.81. The van der Waals surface area contributed by atoms with E-state index in [2.05, 4.69) is 0 Å².